The van der Waals surface area contributed by atoms with E-state index in [1.165, 1.54) is 18.4 Å². The van der Waals surface area contributed by atoms with Crippen molar-refractivity contribution in [1.82, 2.24) is 25.4 Å². The zero-order valence-corrected chi connectivity index (χ0v) is 21.9. The number of methoxy groups -OCH3 is 1. The molecule has 1 aliphatic rings. The fraction of sp³-hybridized carbons (Fsp3) is 0.565. The molecule has 1 atom stereocenters. The molecule has 0 spiro atoms. The van der Waals surface area contributed by atoms with Crippen molar-refractivity contribution >= 4 is 46.7 Å². The lowest BCUT2D eigenvalue weighted by atomic mass is 10.1. The molecule has 0 aliphatic carbocycles. The number of carbonyl (C=O) groups is 1. The monoisotopic (exact) mass is 556 g/mol. The highest BCUT2D eigenvalue weighted by Gasteiger charge is 2.22. The van der Waals surface area contributed by atoms with Crippen LogP contribution >= 0.6 is 24.0 Å². The molecule has 3 rings (SSSR count). The molecule has 3 N–H and O–H groups in total. The van der Waals surface area contributed by atoms with Gasteiger partial charge < -0.3 is 25.3 Å². The first kappa shape index (κ1) is 26.2. The predicted molar refractivity (Wildman–Crippen MR) is 141 cm³/mol. The number of nitrogens with one attached hydrogen (secondary N) is 3. The summed E-state index contributed by atoms with van der Waals surface area (Å²) in [4.78, 5) is 23.9. The largest absolute Gasteiger partial charge is 0.496 e. The number of halogens is 1. The van der Waals surface area contributed by atoms with Crippen molar-refractivity contribution in [2.24, 2.45) is 4.99 Å². The van der Waals surface area contributed by atoms with E-state index in [-0.39, 0.29) is 36.4 Å². The van der Waals surface area contributed by atoms with Gasteiger partial charge in [-0.3, -0.25) is 9.69 Å². The van der Waals surface area contributed by atoms with Crippen LogP contribution in [-0.2, 0) is 11.2 Å². The van der Waals surface area contributed by atoms with E-state index in [0.717, 1.165) is 42.7 Å². The SMILES string of the molecule is CCN1CCCC1CNC(=NCC(=O)N(C)C)NCCc1c[nH]c2cccc(OC)c12.I. The summed E-state index contributed by atoms with van der Waals surface area (Å²) in [6.07, 6.45) is 5.28. The van der Waals surface area contributed by atoms with Crippen LogP contribution in [0.5, 0.6) is 5.75 Å². The van der Waals surface area contributed by atoms with Crippen LogP contribution in [0, 0.1) is 0 Å². The Labute approximate surface area is 208 Å². The number of amides is 1. The number of likely N-dealkylation sites (N-methyl/N-ethyl adjacent to an activating group) is 2. The average Bonchev–Trinajstić information content (AvgIpc) is 3.41. The molecule has 2 heterocycles. The first-order valence-electron chi connectivity index (χ1n) is 11.1. The van der Waals surface area contributed by atoms with Crippen molar-refractivity contribution < 1.29 is 9.53 Å². The van der Waals surface area contributed by atoms with Crippen molar-refractivity contribution in [3.8, 4) is 5.75 Å². The van der Waals surface area contributed by atoms with E-state index in [2.05, 4.69) is 38.5 Å². The number of fused-ring (bicyclic) bond motifs is 1. The Balaban J connectivity index is 0.00000363. The first-order chi connectivity index (χ1) is 15.0. The van der Waals surface area contributed by atoms with E-state index in [4.69, 9.17) is 4.74 Å². The second-order valence-corrected chi connectivity index (χ2v) is 8.13. The number of benzene rings is 1. The highest BCUT2D eigenvalue weighted by atomic mass is 127. The van der Waals surface area contributed by atoms with Crippen LogP contribution in [0.15, 0.2) is 29.4 Å². The van der Waals surface area contributed by atoms with Crippen LogP contribution in [0.4, 0.5) is 0 Å². The van der Waals surface area contributed by atoms with Gasteiger partial charge in [0.1, 0.15) is 12.3 Å². The maximum absolute atomic E-state index is 12.0. The van der Waals surface area contributed by atoms with Crippen LogP contribution in [0.2, 0.25) is 0 Å². The van der Waals surface area contributed by atoms with Gasteiger partial charge in [-0.1, -0.05) is 13.0 Å². The zero-order valence-electron chi connectivity index (χ0n) is 19.6. The van der Waals surface area contributed by atoms with Gasteiger partial charge in [0.25, 0.3) is 0 Å². The Kier molecular flexibility index (Phi) is 10.6. The molecule has 9 heteroatoms. The number of ether oxygens (including phenoxy) is 1. The normalized spacial score (nSPS) is 16.6. The molecule has 1 aromatic carbocycles. The predicted octanol–water partition coefficient (Wildman–Crippen LogP) is 2.44. The number of aliphatic imine (C=N–C) groups is 1. The lowest BCUT2D eigenvalue weighted by Gasteiger charge is -2.24. The molecule has 1 aliphatic heterocycles. The van der Waals surface area contributed by atoms with E-state index in [1.807, 2.05) is 18.3 Å². The highest BCUT2D eigenvalue weighted by Crippen LogP contribution is 2.28. The highest BCUT2D eigenvalue weighted by molar-refractivity contribution is 14.0. The van der Waals surface area contributed by atoms with Gasteiger partial charge >= 0.3 is 0 Å². The minimum atomic E-state index is -0.0153. The number of guanidine groups is 1. The molecule has 0 radical (unpaired) electrons. The number of aromatic nitrogens is 1. The minimum absolute atomic E-state index is 0. The van der Waals surface area contributed by atoms with Gasteiger partial charge in [0.15, 0.2) is 5.96 Å². The molecule has 32 heavy (non-hydrogen) atoms. The quantitative estimate of drug-likeness (QED) is 0.251. The number of nitrogens with zero attached hydrogens (tertiary/aromatic N) is 3. The number of likely N-dealkylation sites (tertiary alicyclic amines) is 1. The molecule has 1 saturated heterocycles. The third-order valence-corrected chi connectivity index (χ3v) is 5.94. The summed E-state index contributed by atoms with van der Waals surface area (Å²) in [7, 11) is 5.20. The molecule has 8 nitrogen and oxygen atoms in total. The molecule has 1 aromatic heterocycles. The van der Waals surface area contributed by atoms with Crippen molar-refractivity contribution in [1.29, 1.82) is 0 Å². The molecule has 0 saturated carbocycles. The lowest BCUT2D eigenvalue weighted by Crippen LogP contribution is -2.45. The van der Waals surface area contributed by atoms with E-state index in [9.17, 15) is 4.79 Å². The third kappa shape index (κ3) is 6.74. The van der Waals surface area contributed by atoms with Crippen molar-refractivity contribution in [3.63, 3.8) is 0 Å². The van der Waals surface area contributed by atoms with Crippen LogP contribution in [-0.4, -0.2) is 86.6 Å². The average molecular weight is 556 g/mol. The Morgan fingerprint density at radius 2 is 2.16 bits per heavy atom. The van der Waals surface area contributed by atoms with Crippen LogP contribution in [0.25, 0.3) is 10.9 Å². The Morgan fingerprint density at radius 3 is 2.88 bits per heavy atom. The standard InChI is InChI=1S/C23H36N6O2.HI/c1-5-29-13-7-8-18(29)15-26-23(27-16-21(30)28(2)3)24-12-11-17-14-25-19-9-6-10-20(31-4)22(17)19;/h6,9-10,14,18,25H,5,7-8,11-13,15-16H2,1-4H3,(H2,24,26,27);1H. The topological polar surface area (TPSA) is 85.0 Å². The fourth-order valence-electron chi connectivity index (χ4n) is 4.12. The van der Waals surface area contributed by atoms with Gasteiger partial charge in [-0.05, 0) is 50.0 Å². The zero-order chi connectivity index (χ0) is 22.2. The summed E-state index contributed by atoms with van der Waals surface area (Å²) in [6.45, 7) is 6.09. The van der Waals surface area contributed by atoms with Crippen LogP contribution in [0.1, 0.15) is 25.3 Å². The third-order valence-electron chi connectivity index (χ3n) is 5.94. The van der Waals surface area contributed by atoms with Gasteiger partial charge in [0, 0.05) is 50.3 Å². The van der Waals surface area contributed by atoms with Gasteiger partial charge in [0.2, 0.25) is 5.91 Å². The lowest BCUT2D eigenvalue weighted by molar-refractivity contribution is -0.127. The summed E-state index contributed by atoms with van der Waals surface area (Å²) in [5.41, 5.74) is 2.26. The maximum Gasteiger partial charge on any atom is 0.243 e. The molecular formula is C23H37IN6O2. The molecule has 1 fully saturated rings. The number of H-pyrrole nitrogens is 1. The minimum Gasteiger partial charge on any atom is -0.496 e. The van der Waals surface area contributed by atoms with Gasteiger partial charge in [-0.2, -0.15) is 0 Å². The number of aromatic amines is 1. The van der Waals surface area contributed by atoms with E-state index in [1.54, 1.807) is 26.1 Å². The number of rotatable bonds is 9. The fourth-order valence-corrected chi connectivity index (χ4v) is 4.12. The second-order valence-electron chi connectivity index (χ2n) is 8.13. The van der Waals surface area contributed by atoms with Gasteiger partial charge in [-0.25, -0.2) is 4.99 Å². The summed E-state index contributed by atoms with van der Waals surface area (Å²) in [5, 5.41) is 7.98. The van der Waals surface area contributed by atoms with Crippen molar-refractivity contribution in [3.05, 3.63) is 30.0 Å². The summed E-state index contributed by atoms with van der Waals surface area (Å²) >= 11 is 0. The van der Waals surface area contributed by atoms with E-state index < -0.39 is 0 Å². The number of hydrogen-bond donors (Lipinski definition) is 3. The Bertz CT molecular complexity index is 898. The van der Waals surface area contributed by atoms with E-state index >= 15 is 0 Å². The summed E-state index contributed by atoms with van der Waals surface area (Å²) in [6, 6.07) is 6.53. The van der Waals surface area contributed by atoms with Crippen molar-refractivity contribution in [2.45, 2.75) is 32.2 Å². The number of hydrogen-bond acceptors (Lipinski definition) is 4. The molecule has 2 aromatic rings. The summed E-state index contributed by atoms with van der Waals surface area (Å²) < 4.78 is 5.53. The number of carbonyl (C=O) groups excluding carboxylic acids is 1. The van der Waals surface area contributed by atoms with Gasteiger partial charge in [0.05, 0.1) is 7.11 Å². The van der Waals surface area contributed by atoms with Gasteiger partial charge in [-0.15, -0.1) is 24.0 Å². The maximum atomic E-state index is 12.0. The summed E-state index contributed by atoms with van der Waals surface area (Å²) in [5.74, 6) is 1.54. The molecule has 1 amide bonds. The van der Waals surface area contributed by atoms with E-state index in [0.29, 0.717) is 18.5 Å². The molecule has 178 valence electrons. The Morgan fingerprint density at radius 1 is 1.34 bits per heavy atom. The molecular weight excluding hydrogens is 519 g/mol. The van der Waals surface area contributed by atoms with Crippen LogP contribution < -0.4 is 15.4 Å². The first-order valence-corrected chi connectivity index (χ1v) is 11.1. The Hall–Kier alpha value is -2.01. The molecule has 0 bridgehead atoms. The second kappa shape index (κ2) is 12.9. The van der Waals surface area contributed by atoms with Crippen LogP contribution in [0.3, 0.4) is 0 Å². The molecule has 1 unspecified atom stereocenters. The van der Waals surface area contributed by atoms with Crippen molar-refractivity contribution in [2.75, 3.05) is 53.9 Å². The smallest absolute Gasteiger partial charge is 0.243 e.